The molecule has 1 saturated heterocycles. The second kappa shape index (κ2) is 4.49. The second-order valence-electron chi connectivity index (χ2n) is 4.86. The lowest BCUT2D eigenvalue weighted by molar-refractivity contribution is -0.00769. The number of ether oxygens (including phenoxy) is 1. The van der Waals surface area contributed by atoms with Crippen molar-refractivity contribution in [3.05, 3.63) is 18.5 Å². The minimum Gasteiger partial charge on any atom is -0.398 e. The van der Waals surface area contributed by atoms with Crippen molar-refractivity contribution < 1.29 is 13.2 Å². The van der Waals surface area contributed by atoms with E-state index in [1.807, 2.05) is 13.8 Å². The molecule has 2 heterocycles. The van der Waals surface area contributed by atoms with Crippen LogP contribution < -0.4 is 5.73 Å². The van der Waals surface area contributed by atoms with Gasteiger partial charge in [0.05, 0.1) is 24.4 Å². The third kappa shape index (κ3) is 2.21. The number of sulfonamides is 1. The first-order valence-electron chi connectivity index (χ1n) is 5.66. The van der Waals surface area contributed by atoms with E-state index in [0.29, 0.717) is 19.8 Å². The zero-order valence-electron chi connectivity index (χ0n) is 10.5. The van der Waals surface area contributed by atoms with Crippen LogP contribution in [0.3, 0.4) is 0 Å². The predicted molar refractivity (Wildman–Crippen MR) is 67.4 cm³/mol. The Hall–Kier alpha value is -1.18. The molecule has 100 valence electrons. The molecule has 1 aliphatic rings. The van der Waals surface area contributed by atoms with Crippen molar-refractivity contribution >= 4 is 15.7 Å². The maximum atomic E-state index is 12.6. The quantitative estimate of drug-likeness (QED) is 0.844. The molecule has 2 rings (SSSR count). The highest BCUT2D eigenvalue weighted by atomic mass is 32.2. The van der Waals surface area contributed by atoms with Gasteiger partial charge in [0.1, 0.15) is 4.90 Å². The van der Waals surface area contributed by atoms with Crippen LogP contribution in [0.1, 0.15) is 13.8 Å². The fourth-order valence-corrected chi connectivity index (χ4v) is 3.83. The highest BCUT2D eigenvalue weighted by Crippen LogP contribution is 2.29. The summed E-state index contributed by atoms with van der Waals surface area (Å²) in [5, 5.41) is 0. The van der Waals surface area contributed by atoms with E-state index in [1.165, 1.54) is 22.8 Å². The second-order valence-corrected chi connectivity index (χ2v) is 6.69. The van der Waals surface area contributed by atoms with Crippen molar-refractivity contribution in [1.82, 2.24) is 9.29 Å². The lowest BCUT2D eigenvalue weighted by Gasteiger charge is -2.40. The van der Waals surface area contributed by atoms with E-state index in [9.17, 15) is 8.42 Å². The van der Waals surface area contributed by atoms with Crippen molar-refractivity contribution in [2.45, 2.75) is 24.3 Å². The molecule has 18 heavy (non-hydrogen) atoms. The first-order valence-corrected chi connectivity index (χ1v) is 7.10. The Morgan fingerprint density at radius 3 is 2.83 bits per heavy atom. The van der Waals surface area contributed by atoms with Gasteiger partial charge in [-0.15, -0.1) is 0 Å². The van der Waals surface area contributed by atoms with Gasteiger partial charge in [-0.3, -0.25) is 4.98 Å². The molecule has 1 aromatic rings. The topological polar surface area (TPSA) is 85.5 Å². The fourth-order valence-electron chi connectivity index (χ4n) is 2.01. The zero-order valence-corrected chi connectivity index (χ0v) is 11.3. The molecule has 2 N–H and O–H groups in total. The van der Waals surface area contributed by atoms with E-state index >= 15 is 0 Å². The van der Waals surface area contributed by atoms with E-state index in [1.54, 1.807) is 0 Å². The van der Waals surface area contributed by atoms with Crippen LogP contribution in [0.5, 0.6) is 0 Å². The van der Waals surface area contributed by atoms with Crippen molar-refractivity contribution in [2.75, 3.05) is 25.5 Å². The van der Waals surface area contributed by atoms with Crippen LogP contribution in [-0.4, -0.2) is 43.0 Å². The minimum atomic E-state index is -3.63. The molecule has 6 nitrogen and oxygen atoms in total. The molecule has 0 aromatic carbocycles. The van der Waals surface area contributed by atoms with Crippen molar-refractivity contribution in [2.24, 2.45) is 0 Å². The summed E-state index contributed by atoms with van der Waals surface area (Å²) in [6, 6.07) is 1.49. The summed E-state index contributed by atoms with van der Waals surface area (Å²) in [7, 11) is -3.63. The Morgan fingerprint density at radius 1 is 1.50 bits per heavy atom. The van der Waals surface area contributed by atoms with Gasteiger partial charge in [-0.05, 0) is 19.9 Å². The lowest BCUT2D eigenvalue weighted by atomic mass is 10.1. The lowest BCUT2D eigenvalue weighted by Crippen LogP contribution is -2.55. The van der Waals surface area contributed by atoms with Gasteiger partial charge in [0.15, 0.2) is 0 Å². The summed E-state index contributed by atoms with van der Waals surface area (Å²) >= 11 is 0. The highest BCUT2D eigenvalue weighted by molar-refractivity contribution is 7.89. The molecule has 0 amide bonds. The van der Waals surface area contributed by atoms with Gasteiger partial charge in [0.2, 0.25) is 10.0 Å². The van der Waals surface area contributed by atoms with E-state index in [4.69, 9.17) is 10.5 Å². The van der Waals surface area contributed by atoms with Gasteiger partial charge in [0.25, 0.3) is 0 Å². The van der Waals surface area contributed by atoms with Crippen molar-refractivity contribution in [3.8, 4) is 0 Å². The maximum Gasteiger partial charge on any atom is 0.247 e. The number of hydrogen-bond donors (Lipinski definition) is 1. The van der Waals surface area contributed by atoms with Gasteiger partial charge in [0, 0.05) is 18.9 Å². The average molecular weight is 271 g/mol. The normalized spacial score (nSPS) is 20.8. The zero-order chi connectivity index (χ0) is 13.4. The van der Waals surface area contributed by atoms with Crippen LogP contribution in [-0.2, 0) is 14.8 Å². The number of nitrogens with two attached hydrogens (primary N) is 1. The van der Waals surface area contributed by atoms with Crippen molar-refractivity contribution in [1.29, 1.82) is 0 Å². The maximum absolute atomic E-state index is 12.6. The van der Waals surface area contributed by atoms with Crippen LogP contribution in [0.25, 0.3) is 0 Å². The van der Waals surface area contributed by atoms with Gasteiger partial charge >= 0.3 is 0 Å². The number of anilines is 1. The van der Waals surface area contributed by atoms with E-state index in [0.717, 1.165) is 0 Å². The molecule has 7 heteroatoms. The van der Waals surface area contributed by atoms with E-state index in [2.05, 4.69) is 4.98 Å². The third-order valence-electron chi connectivity index (χ3n) is 2.95. The highest BCUT2D eigenvalue weighted by Gasteiger charge is 2.40. The van der Waals surface area contributed by atoms with Gasteiger partial charge < -0.3 is 10.5 Å². The molecule has 1 aromatic heterocycles. The Balaban J connectivity index is 2.46. The number of hydrogen-bond acceptors (Lipinski definition) is 5. The Bertz CT molecular complexity index is 542. The number of rotatable bonds is 2. The number of morpholine rings is 1. The largest absolute Gasteiger partial charge is 0.398 e. The first-order chi connectivity index (χ1) is 8.36. The Labute approximate surface area is 107 Å². The van der Waals surface area contributed by atoms with E-state index < -0.39 is 15.6 Å². The molecule has 0 bridgehead atoms. The summed E-state index contributed by atoms with van der Waals surface area (Å²) in [6.45, 7) is 4.74. The van der Waals surface area contributed by atoms with Crippen LogP contribution in [0, 0.1) is 0 Å². The number of aromatic nitrogens is 1. The Morgan fingerprint density at radius 2 is 2.22 bits per heavy atom. The smallest absolute Gasteiger partial charge is 0.247 e. The van der Waals surface area contributed by atoms with Gasteiger partial charge in [-0.25, -0.2) is 8.42 Å². The summed E-state index contributed by atoms with van der Waals surface area (Å²) < 4.78 is 31.9. The number of pyridine rings is 1. The van der Waals surface area contributed by atoms with Crippen molar-refractivity contribution in [3.63, 3.8) is 0 Å². The summed E-state index contributed by atoms with van der Waals surface area (Å²) in [4.78, 5) is 3.89. The molecular formula is C11H17N3O3S. The molecule has 0 unspecified atom stereocenters. The molecule has 0 atom stereocenters. The molecule has 0 spiro atoms. The summed E-state index contributed by atoms with van der Waals surface area (Å²) in [5.41, 5.74) is 5.36. The SMILES string of the molecule is CC1(C)COCCN1S(=O)(=O)c1cnccc1N. The number of nitrogens with zero attached hydrogens (tertiary/aromatic N) is 2. The molecule has 0 aliphatic carbocycles. The third-order valence-corrected chi connectivity index (χ3v) is 5.11. The monoisotopic (exact) mass is 271 g/mol. The standard InChI is InChI=1S/C11H17N3O3S/c1-11(2)8-17-6-5-14(11)18(15,16)10-7-13-4-3-9(10)12/h3-4,7H,5-6,8H2,1-2H3,(H2,12,13). The van der Waals surface area contributed by atoms with Crippen LogP contribution in [0.15, 0.2) is 23.4 Å². The first kappa shape index (κ1) is 13.3. The molecule has 0 radical (unpaired) electrons. The average Bonchev–Trinajstić information content (AvgIpc) is 2.28. The van der Waals surface area contributed by atoms with Crippen LogP contribution in [0.2, 0.25) is 0 Å². The fraction of sp³-hybridized carbons (Fsp3) is 0.545. The van der Waals surface area contributed by atoms with Crippen LogP contribution >= 0.6 is 0 Å². The van der Waals surface area contributed by atoms with Crippen LogP contribution in [0.4, 0.5) is 5.69 Å². The minimum absolute atomic E-state index is 0.0555. The molecular weight excluding hydrogens is 254 g/mol. The van der Waals surface area contributed by atoms with Gasteiger partial charge in [-0.1, -0.05) is 0 Å². The number of nitrogen functional groups attached to an aromatic ring is 1. The Kier molecular flexibility index (Phi) is 3.31. The van der Waals surface area contributed by atoms with Gasteiger partial charge in [-0.2, -0.15) is 4.31 Å². The molecule has 1 aliphatic heterocycles. The van der Waals surface area contributed by atoms with E-state index in [-0.39, 0.29) is 10.6 Å². The summed E-state index contributed by atoms with van der Waals surface area (Å²) in [6.07, 6.45) is 2.76. The molecule has 1 fully saturated rings. The molecule has 0 saturated carbocycles. The predicted octanol–water partition coefficient (Wildman–Crippen LogP) is 0.463. The summed E-state index contributed by atoms with van der Waals surface area (Å²) in [5.74, 6) is 0.